The number of carboxylic acid groups (broad SMARTS) is 1. The Bertz CT molecular complexity index is 1090. The molecule has 2 aromatic rings. The van der Waals surface area contributed by atoms with Crippen LogP contribution in [0.25, 0.3) is 11.1 Å². The zero-order chi connectivity index (χ0) is 26.9. The van der Waals surface area contributed by atoms with Gasteiger partial charge in [0.15, 0.2) is 0 Å². The third-order valence-electron chi connectivity index (χ3n) is 4.69. The molecule has 1 amide bonds. The lowest BCUT2D eigenvalue weighted by atomic mass is 9.89. The van der Waals surface area contributed by atoms with Crippen LogP contribution >= 0.6 is 0 Å². The molecule has 0 fully saturated rings. The van der Waals surface area contributed by atoms with E-state index in [1.807, 2.05) is 0 Å². The molecule has 0 aromatic heterocycles. The Labute approximate surface area is 195 Å². The number of alkyl carbamates (subject to hydrolysis) is 1. The number of carbonyl (C=O) groups is 2. The Morgan fingerprint density at radius 2 is 1.51 bits per heavy atom. The van der Waals surface area contributed by atoms with Gasteiger partial charge in [0.05, 0.1) is 23.6 Å². The molecule has 0 aliphatic heterocycles. The molecule has 35 heavy (non-hydrogen) atoms. The van der Waals surface area contributed by atoms with Crippen LogP contribution in [0.3, 0.4) is 0 Å². The number of halogens is 7. The van der Waals surface area contributed by atoms with Gasteiger partial charge in [-0.25, -0.2) is 9.18 Å². The summed E-state index contributed by atoms with van der Waals surface area (Å²) in [5, 5.41) is 11.4. The van der Waals surface area contributed by atoms with E-state index >= 15 is 4.39 Å². The SMILES string of the molecule is Cc1cc(-c2c(C(F)(F)F)cccc2C(F)(F)F)cc([C@H](CC(=O)O)NC(=O)OC(C)(C)C)c1F. The monoisotopic (exact) mass is 509 g/mol. The smallest absolute Gasteiger partial charge is 0.417 e. The highest BCUT2D eigenvalue weighted by atomic mass is 19.4. The standard InChI is InChI=1S/C23H22F7NO4/c1-11-8-12(18-14(22(25,26)27)6-5-7-15(18)23(28,29)30)9-13(19(11)24)16(10-17(32)33)31-20(34)35-21(2,3)4/h5-9,16H,10H2,1-4H3,(H,31,34)(H,32,33)/t16-/m0/s1. The lowest BCUT2D eigenvalue weighted by Gasteiger charge is -2.25. The lowest BCUT2D eigenvalue weighted by Crippen LogP contribution is -2.36. The van der Waals surface area contributed by atoms with Crippen molar-refractivity contribution >= 4 is 12.1 Å². The number of alkyl halides is 6. The molecule has 0 bridgehead atoms. The summed E-state index contributed by atoms with van der Waals surface area (Å²) in [5.74, 6) is -2.62. The molecule has 0 aliphatic carbocycles. The van der Waals surface area contributed by atoms with Crippen molar-refractivity contribution in [3.05, 3.63) is 58.4 Å². The number of benzene rings is 2. The van der Waals surface area contributed by atoms with Gasteiger partial charge in [-0.2, -0.15) is 26.3 Å². The summed E-state index contributed by atoms with van der Waals surface area (Å²) in [5.41, 5.74) is -7.12. The average molecular weight is 509 g/mol. The molecular weight excluding hydrogens is 487 g/mol. The number of carboxylic acids is 1. The van der Waals surface area contributed by atoms with Crippen molar-refractivity contribution in [1.82, 2.24) is 5.32 Å². The molecular formula is C23H22F7NO4. The molecule has 2 N–H and O–H groups in total. The molecule has 12 heteroatoms. The Kier molecular flexibility index (Phi) is 7.78. The highest BCUT2D eigenvalue weighted by molar-refractivity contribution is 5.76. The van der Waals surface area contributed by atoms with E-state index in [0.717, 1.165) is 13.0 Å². The van der Waals surface area contributed by atoms with Crippen molar-refractivity contribution < 1.29 is 50.2 Å². The topological polar surface area (TPSA) is 75.6 Å². The van der Waals surface area contributed by atoms with Gasteiger partial charge < -0.3 is 15.2 Å². The van der Waals surface area contributed by atoms with Crippen LogP contribution in [0.1, 0.15) is 55.5 Å². The normalized spacial score (nSPS) is 13.3. The second-order valence-corrected chi connectivity index (χ2v) is 8.72. The highest BCUT2D eigenvalue weighted by Crippen LogP contribution is 2.45. The summed E-state index contributed by atoms with van der Waals surface area (Å²) in [7, 11) is 0. The molecule has 0 radical (unpaired) electrons. The summed E-state index contributed by atoms with van der Waals surface area (Å²) in [6, 6.07) is 1.32. The number of amides is 1. The van der Waals surface area contributed by atoms with Crippen molar-refractivity contribution in [2.45, 2.75) is 58.1 Å². The zero-order valence-electron chi connectivity index (χ0n) is 19.0. The second kappa shape index (κ2) is 9.74. The minimum absolute atomic E-state index is 0.357. The molecule has 0 spiro atoms. The van der Waals surface area contributed by atoms with Gasteiger partial charge in [-0.15, -0.1) is 0 Å². The van der Waals surface area contributed by atoms with Gasteiger partial charge in [-0.1, -0.05) is 6.07 Å². The minimum Gasteiger partial charge on any atom is -0.481 e. The fourth-order valence-electron chi connectivity index (χ4n) is 3.39. The highest BCUT2D eigenvalue weighted by Gasteiger charge is 2.41. The van der Waals surface area contributed by atoms with Gasteiger partial charge in [0, 0.05) is 11.1 Å². The van der Waals surface area contributed by atoms with Crippen LogP contribution in [0.15, 0.2) is 30.3 Å². The van der Waals surface area contributed by atoms with E-state index in [9.17, 15) is 41.0 Å². The van der Waals surface area contributed by atoms with Gasteiger partial charge in [0.1, 0.15) is 11.4 Å². The molecule has 0 unspecified atom stereocenters. The molecule has 0 saturated heterocycles. The minimum atomic E-state index is -5.19. The zero-order valence-corrected chi connectivity index (χ0v) is 19.0. The van der Waals surface area contributed by atoms with Gasteiger partial charge in [0.2, 0.25) is 0 Å². The van der Waals surface area contributed by atoms with Crippen molar-refractivity contribution in [2.24, 2.45) is 0 Å². The maximum Gasteiger partial charge on any atom is 0.417 e. The quantitative estimate of drug-likeness (QED) is 0.431. The van der Waals surface area contributed by atoms with E-state index in [4.69, 9.17) is 4.74 Å². The van der Waals surface area contributed by atoms with Crippen molar-refractivity contribution in [2.75, 3.05) is 0 Å². The van der Waals surface area contributed by atoms with Gasteiger partial charge in [-0.3, -0.25) is 4.79 Å². The summed E-state index contributed by atoms with van der Waals surface area (Å²) in [6.07, 6.45) is -12.5. The Morgan fingerprint density at radius 1 is 1.00 bits per heavy atom. The molecule has 0 saturated carbocycles. The Morgan fingerprint density at radius 3 is 1.94 bits per heavy atom. The first-order valence-corrected chi connectivity index (χ1v) is 10.1. The van der Waals surface area contributed by atoms with Crippen LogP contribution in [0.5, 0.6) is 0 Å². The van der Waals surface area contributed by atoms with E-state index in [0.29, 0.717) is 24.3 Å². The van der Waals surface area contributed by atoms with E-state index < -0.39 is 76.1 Å². The first-order chi connectivity index (χ1) is 15.8. The number of carbonyl (C=O) groups excluding carboxylic acids is 1. The molecule has 192 valence electrons. The van der Waals surface area contributed by atoms with Gasteiger partial charge in [-0.05, 0) is 63.1 Å². The number of nitrogens with one attached hydrogen (secondary N) is 1. The van der Waals surface area contributed by atoms with Crippen LogP contribution in [-0.4, -0.2) is 22.8 Å². The summed E-state index contributed by atoms with van der Waals surface area (Å²) < 4.78 is 102. The Hall–Kier alpha value is -3.31. The van der Waals surface area contributed by atoms with Crippen LogP contribution in [-0.2, 0) is 21.9 Å². The summed E-state index contributed by atoms with van der Waals surface area (Å²) in [4.78, 5) is 23.6. The van der Waals surface area contributed by atoms with Crippen molar-refractivity contribution in [3.8, 4) is 11.1 Å². The van der Waals surface area contributed by atoms with Crippen LogP contribution < -0.4 is 5.32 Å². The van der Waals surface area contributed by atoms with Gasteiger partial charge in [0.25, 0.3) is 0 Å². The molecule has 5 nitrogen and oxygen atoms in total. The second-order valence-electron chi connectivity index (χ2n) is 8.72. The number of aliphatic carboxylic acids is 1. The van der Waals surface area contributed by atoms with Crippen LogP contribution in [0, 0.1) is 12.7 Å². The van der Waals surface area contributed by atoms with Gasteiger partial charge >= 0.3 is 24.4 Å². The molecule has 0 heterocycles. The van der Waals surface area contributed by atoms with E-state index in [-0.39, 0.29) is 5.56 Å². The first kappa shape index (κ1) is 27.9. The number of rotatable bonds is 5. The molecule has 2 rings (SSSR count). The maximum atomic E-state index is 15.0. The summed E-state index contributed by atoms with van der Waals surface area (Å²) >= 11 is 0. The third-order valence-corrected chi connectivity index (χ3v) is 4.69. The molecule has 2 aromatic carbocycles. The van der Waals surface area contributed by atoms with Crippen molar-refractivity contribution in [3.63, 3.8) is 0 Å². The third kappa shape index (κ3) is 7.09. The first-order valence-electron chi connectivity index (χ1n) is 10.1. The fraction of sp³-hybridized carbons (Fsp3) is 0.391. The molecule has 1 atom stereocenters. The maximum absolute atomic E-state index is 15.0. The van der Waals surface area contributed by atoms with E-state index in [2.05, 4.69) is 5.32 Å². The average Bonchev–Trinajstić information content (AvgIpc) is 2.65. The Balaban J connectivity index is 2.78. The number of ether oxygens (including phenoxy) is 1. The largest absolute Gasteiger partial charge is 0.481 e. The van der Waals surface area contributed by atoms with Crippen molar-refractivity contribution in [1.29, 1.82) is 0 Å². The number of hydrogen-bond acceptors (Lipinski definition) is 3. The van der Waals surface area contributed by atoms with Crippen LogP contribution in [0.2, 0.25) is 0 Å². The predicted octanol–water partition coefficient (Wildman–Crippen LogP) is 6.88. The predicted molar refractivity (Wildman–Crippen MR) is 111 cm³/mol. The van der Waals surface area contributed by atoms with E-state index in [1.165, 1.54) is 20.8 Å². The van der Waals surface area contributed by atoms with E-state index in [1.54, 1.807) is 0 Å². The number of hydrogen-bond donors (Lipinski definition) is 2. The molecule has 0 aliphatic rings. The summed E-state index contributed by atoms with van der Waals surface area (Å²) in [6.45, 7) is 5.59. The lowest BCUT2D eigenvalue weighted by molar-refractivity contribution is -0.142. The fourth-order valence-corrected chi connectivity index (χ4v) is 3.39. The van der Waals surface area contributed by atoms with Crippen LogP contribution in [0.4, 0.5) is 35.5 Å². The number of aryl methyl sites for hydroxylation is 1.